The maximum atomic E-state index is 12.1. The molecule has 1 aromatic carbocycles. The van der Waals surface area contributed by atoms with Crippen LogP contribution in [0.2, 0.25) is 0 Å². The number of allylic oxidation sites excluding steroid dienone is 4. The molecule has 1 aliphatic carbocycles. The van der Waals surface area contributed by atoms with Crippen LogP contribution in [0.1, 0.15) is 29.5 Å². The Morgan fingerprint density at radius 2 is 2.26 bits per heavy atom. The summed E-state index contributed by atoms with van der Waals surface area (Å²) in [7, 11) is 0. The van der Waals surface area contributed by atoms with Gasteiger partial charge < -0.3 is 0 Å². The van der Waals surface area contributed by atoms with Crippen LogP contribution in [0.5, 0.6) is 0 Å². The molecule has 4 nitrogen and oxygen atoms in total. The van der Waals surface area contributed by atoms with Crippen molar-refractivity contribution in [2.75, 3.05) is 6.26 Å². The lowest BCUT2D eigenvalue weighted by atomic mass is 9.91. The number of fused-ring (bicyclic) bond motifs is 1. The Morgan fingerprint density at radius 3 is 2.96 bits per heavy atom. The number of aromatic nitrogens is 1. The van der Waals surface area contributed by atoms with E-state index < -0.39 is 0 Å². The molecule has 27 heavy (non-hydrogen) atoms. The number of rotatable bonds is 2. The molecule has 4 rings (SSSR count). The Balaban J connectivity index is 1.85. The second-order valence-corrected chi connectivity index (χ2v) is 8.18. The van der Waals surface area contributed by atoms with E-state index in [0.717, 1.165) is 44.8 Å². The fourth-order valence-electron chi connectivity index (χ4n) is 3.17. The number of carbonyl (C=O) groups is 1. The van der Waals surface area contributed by atoms with Gasteiger partial charge in [-0.25, -0.2) is 0 Å². The molecule has 0 fully saturated rings. The van der Waals surface area contributed by atoms with E-state index in [-0.39, 0.29) is 5.91 Å². The average molecular weight is 390 g/mol. The number of amides is 1. The molecular weight excluding hydrogens is 374 g/mol. The Labute approximate surface area is 165 Å². The molecule has 1 aromatic heterocycles. The summed E-state index contributed by atoms with van der Waals surface area (Å²) < 4.78 is 0.764. The number of thioether (sulfide) groups is 2. The SMILES string of the molecule is CSC1=NC(=O)/C(=C/c2ccc3ncc(C#N)c(C4=CC=CCC4)c3c2)S1. The van der Waals surface area contributed by atoms with Crippen LogP contribution in [0.25, 0.3) is 22.6 Å². The molecule has 2 aliphatic rings. The first-order valence-corrected chi connectivity index (χ1v) is 10.5. The molecule has 0 N–H and O–H groups in total. The standard InChI is InChI=1S/C21H15N3OS2/c1-26-21-24-20(25)18(27-21)10-13-7-8-17-16(9-13)19(15(11-22)12-23-17)14-5-3-2-4-6-14/h2-3,5,7-10,12H,4,6H2,1H3/b18-10-. The smallest absolute Gasteiger partial charge is 0.266 e. The highest BCUT2D eigenvalue weighted by Gasteiger charge is 2.21. The van der Waals surface area contributed by atoms with Crippen molar-refractivity contribution in [2.24, 2.45) is 4.99 Å². The van der Waals surface area contributed by atoms with E-state index in [1.165, 1.54) is 23.5 Å². The molecule has 0 bridgehead atoms. The maximum Gasteiger partial charge on any atom is 0.285 e. The monoisotopic (exact) mass is 389 g/mol. The normalized spacial score (nSPS) is 17.9. The van der Waals surface area contributed by atoms with Crippen LogP contribution in [0.15, 0.2) is 52.5 Å². The molecule has 1 aliphatic heterocycles. The number of benzene rings is 1. The third-order valence-corrected chi connectivity index (χ3v) is 6.39. The highest BCUT2D eigenvalue weighted by molar-refractivity contribution is 8.40. The van der Waals surface area contributed by atoms with E-state index in [4.69, 9.17) is 0 Å². The van der Waals surface area contributed by atoms with Crippen molar-refractivity contribution in [1.82, 2.24) is 4.98 Å². The van der Waals surface area contributed by atoms with Crippen molar-refractivity contribution < 1.29 is 4.79 Å². The van der Waals surface area contributed by atoms with Gasteiger partial charge in [0.2, 0.25) is 0 Å². The lowest BCUT2D eigenvalue weighted by Crippen LogP contribution is -1.97. The van der Waals surface area contributed by atoms with E-state index in [9.17, 15) is 10.1 Å². The van der Waals surface area contributed by atoms with Crippen molar-refractivity contribution in [3.05, 3.63) is 64.2 Å². The number of carbonyl (C=O) groups excluding carboxylic acids is 1. The van der Waals surface area contributed by atoms with Gasteiger partial charge in [-0.15, -0.1) is 11.8 Å². The van der Waals surface area contributed by atoms with E-state index in [1.807, 2.05) is 36.6 Å². The first kappa shape index (κ1) is 17.8. The van der Waals surface area contributed by atoms with Gasteiger partial charge in [0, 0.05) is 17.1 Å². The van der Waals surface area contributed by atoms with Crippen LogP contribution < -0.4 is 0 Å². The predicted molar refractivity (Wildman–Crippen MR) is 114 cm³/mol. The summed E-state index contributed by atoms with van der Waals surface area (Å²) in [5, 5.41) is 10.5. The van der Waals surface area contributed by atoms with Crippen LogP contribution in [0.3, 0.4) is 0 Å². The molecule has 0 spiro atoms. The Morgan fingerprint density at radius 1 is 1.37 bits per heavy atom. The second kappa shape index (κ2) is 7.55. The number of nitriles is 1. The Kier molecular flexibility index (Phi) is 4.97. The molecule has 2 aromatic rings. The van der Waals surface area contributed by atoms with Crippen molar-refractivity contribution >= 4 is 56.4 Å². The quantitative estimate of drug-likeness (QED) is 0.663. The minimum absolute atomic E-state index is 0.200. The minimum atomic E-state index is -0.200. The van der Waals surface area contributed by atoms with Gasteiger partial charge in [0.15, 0.2) is 0 Å². The van der Waals surface area contributed by atoms with Gasteiger partial charge >= 0.3 is 0 Å². The van der Waals surface area contributed by atoms with Crippen molar-refractivity contribution in [2.45, 2.75) is 12.8 Å². The van der Waals surface area contributed by atoms with Gasteiger partial charge in [-0.05, 0) is 48.4 Å². The van der Waals surface area contributed by atoms with Crippen molar-refractivity contribution in [1.29, 1.82) is 5.26 Å². The second-order valence-electron chi connectivity index (χ2n) is 6.09. The van der Waals surface area contributed by atoms with Crippen molar-refractivity contribution in [3.63, 3.8) is 0 Å². The summed E-state index contributed by atoms with van der Waals surface area (Å²) in [6.07, 6.45) is 13.5. The van der Waals surface area contributed by atoms with E-state index >= 15 is 0 Å². The molecule has 6 heteroatoms. The maximum absolute atomic E-state index is 12.1. The van der Waals surface area contributed by atoms with Gasteiger partial charge in [-0.1, -0.05) is 36.1 Å². The third kappa shape index (κ3) is 3.48. The molecular formula is C21H15N3OS2. The lowest BCUT2D eigenvalue weighted by Gasteiger charge is -2.14. The average Bonchev–Trinajstić information content (AvgIpc) is 3.07. The number of aliphatic imine (C=N–C) groups is 1. The van der Waals surface area contributed by atoms with Crippen LogP contribution in [0.4, 0.5) is 0 Å². The molecule has 2 heterocycles. The largest absolute Gasteiger partial charge is 0.285 e. The highest BCUT2D eigenvalue weighted by atomic mass is 32.2. The summed E-state index contributed by atoms with van der Waals surface area (Å²) in [6, 6.07) is 8.16. The molecule has 1 amide bonds. The number of nitrogens with zero attached hydrogens (tertiary/aromatic N) is 3. The van der Waals surface area contributed by atoms with E-state index in [2.05, 4.69) is 28.2 Å². The number of pyridine rings is 1. The summed E-state index contributed by atoms with van der Waals surface area (Å²) in [5.41, 5.74) is 4.41. The molecule has 132 valence electrons. The molecule has 0 saturated heterocycles. The van der Waals surface area contributed by atoms with Gasteiger partial charge in [-0.2, -0.15) is 10.3 Å². The van der Waals surface area contributed by atoms with E-state index in [1.54, 1.807) is 6.20 Å². The summed E-state index contributed by atoms with van der Waals surface area (Å²) in [4.78, 5) is 21.1. The van der Waals surface area contributed by atoms with Crippen LogP contribution in [0, 0.1) is 11.3 Å². The van der Waals surface area contributed by atoms with Gasteiger partial charge in [0.1, 0.15) is 10.4 Å². The zero-order valence-corrected chi connectivity index (χ0v) is 16.2. The fraction of sp³-hybridized carbons (Fsp3) is 0.143. The van der Waals surface area contributed by atoms with Crippen LogP contribution >= 0.6 is 23.5 Å². The third-order valence-electron chi connectivity index (χ3n) is 4.42. The Bertz CT molecular complexity index is 1120. The predicted octanol–water partition coefficient (Wildman–Crippen LogP) is 5.17. The first-order chi connectivity index (χ1) is 13.2. The fourth-order valence-corrected chi connectivity index (χ4v) is 4.59. The van der Waals surface area contributed by atoms with Crippen molar-refractivity contribution in [3.8, 4) is 6.07 Å². The van der Waals surface area contributed by atoms with Crippen LogP contribution in [-0.4, -0.2) is 21.5 Å². The van der Waals surface area contributed by atoms with Crippen LogP contribution in [-0.2, 0) is 4.79 Å². The molecule has 0 saturated carbocycles. The van der Waals surface area contributed by atoms with Gasteiger partial charge in [0.05, 0.1) is 16.0 Å². The first-order valence-electron chi connectivity index (χ1n) is 8.45. The zero-order chi connectivity index (χ0) is 18.8. The number of hydrogen-bond acceptors (Lipinski definition) is 5. The molecule has 0 atom stereocenters. The summed E-state index contributed by atoms with van der Waals surface area (Å²) >= 11 is 2.87. The summed E-state index contributed by atoms with van der Waals surface area (Å²) in [5.74, 6) is -0.200. The topological polar surface area (TPSA) is 66.1 Å². The molecule has 0 unspecified atom stereocenters. The minimum Gasteiger partial charge on any atom is -0.266 e. The summed E-state index contributed by atoms with van der Waals surface area (Å²) in [6.45, 7) is 0. The number of hydrogen-bond donors (Lipinski definition) is 0. The zero-order valence-electron chi connectivity index (χ0n) is 14.6. The van der Waals surface area contributed by atoms with Gasteiger partial charge in [0.25, 0.3) is 5.91 Å². The van der Waals surface area contributed by atoms with E-state index in [0.29, 0.717) is 10.5 Å². The lowest BCUT2D eigenvalue weighted by molar-refractivity contribution is -0.113. The molecule has 0 radical (unpaired) electrons. The van der Waals surface area contributed by atoms with Gasteiger partial charge in [-0.3, -0.25) is 9.78 Å². The highest BCUT2D eigenvalue weighted by Crippen LogP contribution is 2.35. The Hall–Kier alpha value is -2.62.